The van der Waals surface area contributed by atoms with Crippen molar-refractivity contribution in [3.05, 3.63) is 33.6 Å². The maximum Gasteiger partial charge on any atom is 0.338 e. The zero-order valence-corrected chi connectivity index (χ0v) is 10.4. The van der Waals surface area contributed by atoms with Crippen LogP contribution in [0.1, 0.15) is 17.3 Å². The number of sulfonamides is 1. The normalized spacial score (nSPS) is 11.1. The van der Waals surface area contributed by atoms with Crippen LogP contribution in [0.25, 0.3) is 0 Å². The Bertz CT molecular complexity index is 642. The minimum atomic E-state index is -4.55. The number of primary sulfonamides is 1. The Balaban J connectivity index is 3.58. The summed E-state index contributed by atoms with van der Waals surface area (Å²) in [5.74, 6) is -2.64. The molecule has 1 aromatic carbocycles. The van der Waals surface area contributed by atoms with Crippen molar-refractivity contribution in [2.75, 3.05) is 6.61 Å². The van der Waals surface area contributed by atoms with Gasteiger partial charge in [0.2, 0.25) is 15.8 Å². The van der Waals surface area contributed by atoms with Gasteiger partial charge in [0.25, 0.3) is 0 Å². The maximum absolute atomic E-state index is 13.6. The highest BCUT2D eigenvalue weighted by Gasteiger charge is 2.27. The third kappa shape index (κ3) is 3.23. The van der Waals surface area contributed by atoms with E-state index in [1.165, 1.54) is 6.92 Å². The number of hydrogen-bond donors (Lipinski definition) is 1. The zero-order valence-electron chi connectivity index (χ0n) is 9.62. The van der Waals surface area contributed by atoms with Crippen LogP contribution in [-0.2, 0) is 14.8 Å². The molecule has 0 saturated heterocycles. The molecule has 0 amide bonds. The molecule has 8 nitrogen and oxygen atoms in total. The second-order valence-electron chi connectivity index (χ2n) is 3.33. The predicted octanol–water partition coefficient (Wildman–Crippen LogP) is 0.558. The first kappa shape index (κ1) is 15.0. The summed E-state index contributed by atoms with van der Waals surface area (Å²) in [7, 11) is -4.55. The molecule has 19 heavy (non-hydrogen) atoms. The maximum atomic E-state index is 13.6. The van der Waals surface area contributed by atoms with Crippen molar-refractivity contribution in [3.8, 4) is 0 Å². The molecule has 0 unspecified atom stereocenters. The lowest BCUT2D eigenvalue weighted by atomic mass is 10.2. The van der Waals surface area contributed by atoms with Crippen LogP contribution in [0.15, 0.2) is 17.0 Å². The van der Waals surface area contributed by atoms with Crippen molar-refractivity contribution < 1.29 is 27.3 Å². The Morgan fingerprint density at radius 2 is 2.11 bits per heavy atom. The van der Waals surface area contributed by atoms with Gasteiger partial charge in [-0.2, -0.15) is 4.39 Å². The number of esters is 1. The van der Waals surface area contributed by atoms with Crippen molar-refractivity contribution in [2.24, 2.45) is 5.14 Å². The first-order valence-electron chi connectivity index (χ1n) is 4.86. The van der Waals surface area contributed by atoms with Crippen LogP contribution < -0.4 is 5.14 Å². The number of halogens is 1. The van der Waals surface area contributed by atoms with Gasteiger partial charge in [-0.1, -0.05) is 0 Å². The molecular formula is C9H9FN2O6S. The van der Waals surface area contributed by atoms with Gasteiger partial charge in [0.15, 0.2) is 0 Å². The number of nitro benzene ring substituents is 1. The van der Waals surface area contributed by atoms with Crippen LogP contribution in [0.2, 0.25) is 0 Å². The summed E-state index contributed by atoms with van der Waals surface area (Å²) in [5, 5.41) is 15.3. The fourth-order valence-electron chi connectivity index (χ4n) is 1.26. The second kappa shape index (κ2) is 5.28. The number of carbonyl (C=O) groups is 1. The highest BCUT2D eigenvalue weighted by atomic mass is 32.2. The molecule has 0 atom stereocenters. The smallest absolute Gasteiger partial charge is 0.338 e. The Morgan fingerprint density at radius 3 is 2.53 bits per heavy atom. The lowest BCUT2D eigenvalue weighted by Crippen LogP contribution is -2.17. The van der Waals surface area contributed by atoms with E-state index in [0.29, 0.717) is 12.1 Å². The van der Waals surface area contributed by atoms with Crippen molar-refractivity contribution in [1.82, 2.24) is 0 Å². The van der Waals surface area contributed by atoms with Gasteiger partial charge in [0.05, 0.1) is 17.1 Å². The molecule has 1 rings (SSSR count). The Hall–Kier alpha value is -2.07. The molecule has 1 aromatic rings. The number of benzene rings is 1. The number of ether oxygens (including phenoxy) is 1. The molecule has 104 valence electrons. The van der Waals surface area contributed by atoms with Crippen LogP contribution in [0.5, 0.6) is 0 Å². The molecule has 10 heteroatoms. The fraction of sp³-hybridized carbons (Fsp3) is 0.222. The third-order valence-electron chi connectivity index (χ3n) is 2.03. The van der Waals surface area contributed by atoms with Crippen LogP contribution in [0.4, 0.5) is 10.1 Å². The monoisotopic (exact) mass is 292 g/mol. The summed E-state index contributed by atoms with van der Waals surface area (Å²) < 4.78 is 40.4. The van der Waals surface area contributed by atoms with E-state index >= 15 is 0 Å². The topological polar surface area (TPSA) is 130 Å². The third-order valence-corrected chi connectivity index (χ3v) is 2.94. The Morgan fingerprint density at radius 1 is 1.53 bits per heavy atom. The van der Waals surface area contributed by atoms with Crippen molar-refractivity contribution in [3.63, 3.8) is 0 Å². The van der Waals surface area contributed by atoms with Crippen LogP contribution in [0, 0.1) is 15.9 Å². The molecular weight excluding hydrogens is 283 g/mol. The molecule has 0 aromatic heterocycles. The van der Waals surface area contributed by atoms with Crippen LogP contribution in [0.3, 0.4) is 0 Å². The molecule has 2 N–H and O–H groups in total. The summed E-state index contributed by atoms with van der Waals surface area (Å²) in [6, 6.07) is 1.18. The van der Waals surface area contributed by atoms with Gasteiger partial charge >= 0.3 is 11.7 Å². The SMILES string of the molecule is CCOC(=O)c1cc([N+](=O)[O-])c(F)c(S(N)(=O)=O)c1. The highest BCUT2D eigenvalue weighted by molar-refractivity contribution is 7.89. The van der Waals surface area contributed by atoms with Gasteiger partial charge in [-0.05, 0) is 13.0 Å². The minimum Gasteiger partial charge on any atom is -0.462 e. The standard InChI is InChI=1S/C9H9FN2O6S/c1-2-18-9(13)5-3-6(12(14)15)8(10)7(4-5)19(11,16)17/h3-4H,2H2,1H3,(H2,11,16,17). The molecule has 0 spiro atoms. The van der Waals surface area contributed by atoms with E-state index in [0.717, 1.165) is 0 Å². The largest absolute Gasteiger partial charge is 0.462 e. The van der Waals surface area contributed by atoms with E-state index in [9.17, 15) is 27.7 Å². The number of nitro groups is 1. The predicted molar refractivity (Wildman–Crippen MR) is 60.4 cm³/mol. The average molecular weight is 292 g/mol. The molecule has 0 aliphatic heterocycles. The van der Waals surface area contributed by atoms with E-state index in [4.69, 9.17) is 5.14 Å². The summed E-state index contributed by atoms with van der Waals surface area (Å²) in [6.07, 6.45) is 0. The van der Waals surface area contributed by atoms with E-state index in [2.05, 4.69) is 4.74 Å². The number of carbonyl (C=O) groups excluding carboxylic acids is 1. The number of hydrogen-bond acceptors (Lipinski definition) is 6. The lowest BCUT2D eigenvalue weighted by Gasteiger charge is -2.05. The molecule has 0 aliphatic carbocycles. The van der Waals surface area contributed by atoms with Crippen LogP contribution in [-0.4, -0.2) is 25.9 Å². The highest BCUT2D eigenvalue weighted by Crippen LogP contribution is 2.26. The molecule has 0 bridgehead atoms. The van der Waals surface area contributed by atoms with Gasteiger partial charge in [-0.15, -0.1) is 0 Å². The quantitative estimate of drug-likeness (QED) is 0.490. The minimum absolute atomic E-state index is 0.0330. The van der Waals surface area contributed by atoms with Gasteiger partial charge in [-0.25, -0.2) is 18.4 Å². The van der Waals surface area contributed by atoms with Crippen molar-refractivity contribution in [2.45, 2.75) is 11.8 Å². The van der Waals surface area contributed by atoms with Gasteiger partial charge in [0.1, 0.15) is 4.90 Å². The molecule has 0 saturated carbocycles. The number of nitrogens with two attached hydrogens (primary N) is 1. The molecule has 0 heterocycles. The number of nitrogens with zero attached hydrogens (tertiary/aromatic N) is 1. The molecule has 0 aliphatic rings. The first-order valence-corrected chi connectivity index (χ1v) is 6.41. The summed E-state index contributed by atoms with van der Waals surface area (Å²) in [6.45, 7) is 1.45. The Kier molecular flexibility index (Phi) is 4.17. The van der Waals surface area contributed by atoms with E-state index in [-0.39, 0.29) is 6.61 Å². The van der Waals surface area contributed by atoms with Crippen molar-refractivity contribution >= 4 is 21.7 Å². The van der Waals surface area contributed by atoms with Gasteiger partial charge in [-0.3, -0.25) is 10.1 Å². The summed E-state index contributed by atoms with van der Waals surface area (Å²) in [5.41, 5.74) is -1.64. The second-order valence-corrected chi connectivity index (χ2v) is 4.86. The zero-order chi connectivity index (χ0) is 14.8. The van der Waals surface area contributed by atoms with Crippen LogP contribution >= 0.6 is 0 Å². The number of rotatable bonds is 4. The van der Waals surface area contributed by atoms with E-state index in [1.54, 1.807) is 0 Å². The average Bonchev–Trinajstić information content (AvgIpc) is 2.27. The van der Waals surface area contributed by atoms with Gasteiger partial charge in [0, 0.05) is 6.07 Å². The lowest BCUT2D eigenvalue weighted by molar-refractivity contribution is -0.387. The molecule has 0 radical (unpaired) electrons. The Labute approximate surface area is 107 Å². The summed E-state index contributed by atoms with van der Waals surface area (Å²) >= 11 is 0. The molecule has 0 fully saturated rings. The van der Waals surface area contributed by atoms with Crippen molar-refractivity contribution in [1.29, 1.82) is 0 Å². The van der Waals surface area contributed by atoms with E-state index in [1.807, 2.05) is 0 Å². The van der Waals surface area contributed by atoms with E-state index < -0.39 is 42.9 Å². The van der Waals surface area contributed by atoms with Gasteiger partial charge < -0.3 is 4.74 Å². The summed E-state index contributed by atoms with van der Waals surface area (Å²) in [4.78, 5) is 19.7. The fourth-order valence-corrected chi connectivity index (χ4v) is 1.90. The first-order chi connectivity index (χ1) is 8.68.